The van der Waals surface area contributed by atoms with Crippen LogP contribution in [0.4, 0.5) is 0 Å². The number of nitrogens with zero attached hydrogens (tertiary/aromatic N) is 5. The summed E-state index contributed by atoms with van der Waals surface area (Å²) in [7, 11) is 3.64. The monoisotopic (exact) mass is 467 g/mol. The molecule has 35 heavy (non-hydrogen) atoms. The highest BCUT2D eigenvalue weighted by molar-refractivity contribution is 5.94. The number of piperidine rings is 1. The highest BCUT2D eigenvalue weighted by atomic mass is 16.5. The van der Waals surface area contributed by atoms with Crippen LogP contribution in [0.2, 0.25) is 0 Å². The maximum atomic E-state index is 13.3. The fourth-order valence-electron chi connectivity index (χ4n) is 4.71. The summed E-state index contributed by atoms with van der Waals surface area (Å²) >= 11 is 0. The maximum absolute atomic E-state index is 13.3. The summed E-state index contributed by atoms with van der Waals surface area (Å²) in [5.41, 5.74) is 5.49. The minimum Gasteiger partial charge on any atom is -0.496 e. The van der Waals surface area contributed by atoms with E-state index in [0.717, 1.165) is 53.5 Å². The van der Waals surface area contributed by atoms with Gasteiger partial charge in [0.15, 0.2) is 0 Å². The molecule has 1 amide bonds. The summed E-state index contributed by atoms with van der Waals surface area (Å²) < 4.78 is 7.41. The molecule has 0 saturated carbocycles. The van der Waals surface area contributed by atoms with Gasteiger partial charge in [0.25, 0.3) is 5.91 Å². The first kappa shape index (κ1) is 22.8. The molecule has 7 heteroatoms. The van der Waals surface area contributed by atoms with Gasteiger partial charge in [-0.15, -0.1) is 0 Å². The molecule has 1 fully saturated rings. The predicted molar refractivity (Wildman–Crippen MR) is 134 cm³/mol. The zero-order valence-electron chi connectivity index (χ0n) is 20.1. The molecule has 7 nitrogen and oxygen atoms in total. The molecule has 4 heterocycles. The van der Waals surface area contributed by atoms with Crippen LogP contribution in [0.5, 0.6) is 5.75 Å². The zero-order valence-corrected chi connectivity index (χ0v) is 20.1. The number of carbonyl (C=O) groups excluding carboxylic acids is 1. The van der Waals surface area contributed by atoms with Crippen LogP contribution >= 0.6 is 0 Å². The number of methoxy groups -OCH3 is 1. The first-order valence-corrected chi connectivity index (χ1v) is 11.9. The molecule has 5 rings (SSSR count). The Morgan fingerprint density at radius 3 is 2.74 bits per heavy atom. The van der Waals surface area contributed by atoms with Gasteiger partial charge < -0.3 is 14.2 Å². The number of benzene rings is 1. The predicted octanol–water partition coefficient (Wildman–Crippen LogP) is 4.50. The Morgan fingerprint density at radius 1 is 1.09 bits per heavy atom. The van der Waals surface area contributed by atoms with Crippen molar-refractivity contribution >= 4 is 5.91 Å². The Bertz CT molecular complexity index is 1310. The van der Waals surface area contributed by atoms with Crippen molar-refractivity contribution in [1.29, 1.82) is 0 Å². The average molecular weight is 468 g/mol. The van der Waals surface area contributed by atoms with Gasteiger partial charge in [-0.1, -0.05) is 24.3 Å². The Hall–Kier alpha value is -4.00. The topological polar surface area (TPSA) is 73.1 Å². The van der Waals surface area contributed by atoms with E-state index in [1.807, 2.05) is 71.2 Å². The molecule has 1 saturated heterocycles. The molecule has 1 aromatic carbocycles. The molecule has 1 aliphatic heterocycles. The van der Waals surface area contributed by atoms with Crippen LogP contribution in [-0.4, -0.2) is 50.5 Å². The molecule has 0 bridgehead atoms. The number of hydrogen-bond acceptors (Lipinski definition) is 5. The quantitative estimate of drug-likeness (QED) is 0.418. The summed E-state index contributed by atoms with van der Waals surface area (Å²) in [5.74, 6) is 1.07. The number of aromatic nitrogens is 4. The van der Waals surface area contributed by atoms with E-state index >= 15 is 0 Å². The fourth-order valence-corrected chi connectivity index (χ4v) is 4.71. The first-order valence-electron chi connectivity index (χ1n) is 11.9. The summed E-state index contributed by atoms with van der Waals surface area (Å²) in [5, 5.41) is 0. The molecule has 0 aliphatic carbocycles. The highest BCUT2D eigenvalue weighted by Crippen LogP contribution is 2.28. The molecule has 0 N–H and O–H groups in total. The van der Waals surface area contributed by atoms with Gasteiger partial charge in [0.05, 0.1) is 36.6 Å². The highest BCUT2D eigenvalue weighted by Gasteiger charge is 2.27. The Morgan fingerprint density at radius 2 is 1.97 bits per heavy atom. The van der Waals surface area contributed by atoms with Crippen molar-refractivity contribution in [2.75, 3.05) is 20.2 Å². The van der Waals surface area contributed by atoms with E-state index in [4.69, 9.17) is 9.72 Å². The molecular weight excluding hydrogens is 438 g/mol. The fraction of sp³-hybridized carbons (Fsp3) is 0.286. The second-order valence-corrected chi connectivity index (χ2v) is 8.95. The van der Waals surface area contributed by atoms with Gasteiger partial charge in [-0.05, 0) is 43.2 Å². The van der Waals surface area contributed by atoms with Crippen molar-refractivity contribution in [3.05, 3.63) is 95.8 Å². The van der Waals surface area contributed by atoms with E-state index in [0.29, 0.717) is 18.5 Å². The summed E-state index contributed by atoms with van der Waals surface area (Å²) in [6.07, 6.45) is 7.92. The Labute approximate surface area is 205 Å². The van der Waals surface area contributed by atoms with Crippen molar-refractivity contribution in [1.82, 2.24) is 24.4 Å². The lowest BCUT2D eigenvalue weighted by Crippen LogP contribution is -2.39. The number of rotatable bonds is 6. The van der Waals surface area contributed by atoms with E-state index in [2.05, 4.69) is 16.0 Å². The number of likely N-dealkylation sites (tertiary alicyclic amines) is 1. The SMILES string of the molecule is COc1ccccc1Cc1ccc(C(=O)N2CCC[C@H](c3cccc(-c4cncn4C)n3)C2)cn1. The Kier molecular flexibility index (Phi) is 6.57. The minimum absolute atomic E-state index is 0.0221. The summed E-state index contributed by atoms with van der Waals surface area (Å²) in [4.78, 5) is 28.9. The maximum Gasteiger partial charge on any atom is 0.255 e. The number of para-hydroxylation sites is 1. The normalized spacial score (nSPS) is 15.7. The third kappa shape index (κ3) is 4.94. The first-order chi connectivity index (χ1) is 17.1. The number of imidazole rings is 1. The van der Waals surface area contributed by atoms with Gasteiger partial charge in [-0.2, -0.15) is 0 Å². The lowest BCUT2D eigenvalue weighted by atomic mass is 9.93. The zero-order chi connectivity index (χ0) is 24.2. The molecule has 178 valence electrons. The summed E-state index contributed by atoms with van der Waals surface area (Å²) in [6, 6.07) is 17.8. The van der Waals surface area contributed by atoms with Crippen LogP contribution in [0.15, 0.2) is 73.3 Å². The van der Waals surface area contributed by atoms with Gasteiger partial charge in [0.2, 0.25) is 0 Å². The van der Waals surface area contributed by atoms with Gasteiger partial charge in [-0.3, -0.25) is 14.8 Å². The Balaban J connectivity index is 1.28. The average Bonchev–Trinajstić information content (AvgIpc) is 3.35. The molecule has 0 radical (unpaired) electrons. The molecule has 0 spiro atoms. The third-order valence-electron chi connectivity index (χ3n) is 6.61. The van der Waals surface area contributed by atoms with Gasteiger partial charge >= 0.3 is 0 Å². The van der Waals surface area contributed by atoms with Crippen molar-refractivity contribution < 1.29 is 9.53 Å². The van der Waals surface area contributed by atoms with Gasteiger partial charge in [0.1, 0.15) is 5.75 Å². The molecule has 1 atom stereocenters. The van der Waals surface area contributed by atoms with E-state index in [-0.39, 0.29) is 11.8 Å². The number of ether oxygens (including phenoxy) is 1. The van der Waals surface area contributed by atoms with Crippen molar-refractivity contribution in [3.63, 3.8) is 0 Å². The van der Waals surface area contributed by atoms with Crippen LogP contribution in [-0.2, 0) is 13.5 Å². The third-order valence-corrected chi connectivity index (χ3v) is 6.61. The standard InChI is InChI=1S/C28H29N5O2/c1-32-19-29-17-26(32)25-10-5-9-24(31-25)22-8-6-14-33(18-22)28(34)21-12-13-23(30-16-21)15-20-7-3-4-11-27(20)35-2/h3-5,7,9-13,16-17,19,22H,6,8,14-15,18H2,1-2H3/t22-/m0/s1. The van der Waals surface area contributed by atoms with Crippen molar-refractivity contribution in [3.8, 4) is 17.1 Å². The smallest absolute Gasteiger partial charge is 0.255 e. The lowest BCUT2D eigenvalue weighted by Gasteiger charge is -2.32. The number of amides is 1. The minimum atomic E-state index is 0.0221. The van der Waals surface area contributed by atoms with Crippen molar-refractivity contribution in [2.45, 2.75) is 25.2 Å². The van der Waals surface area contributed by atoms with Crippen LogP contribution in [0.3, 0.4) is 0 Å². The number of hydrogen-bond donors (Lipinski definition) is 0. The molecular formula is C28H29N5O2. The van der Waals surface area contributed by atoms with E-state index in [1.165, 1.54) is 0 Å². The lowest BCUT2D eigenvalue weighted by molar-refractivity contribution is 0.0705. The van der Waals surface area contributed by atoms with Crippen LogP contribution in [0.25, 0.3) is 11.4 Å². The number of pyridine rings is 2. The van der Waals surface area contributed by atoms with Crippen LogP contribution in [0.1, 0.15) is 46.1 Å². The summed E-state index contributed by atoms with van der Waals surface area (Å²) in [6.45, 7) is 1.41. The van der Waals surface area contributed by atoms with E-state index in [9.17, 15) is 4.79 Å². The largest absolute Gasteiger partial charge is 0.496 e. The number of aryl methyl sites for hydroxylation is 1. The molecule has 1 aliphatic rings. The second-order valence-electron chi connectivity index (χ2n) is 8.95. The van der Waals surface area contributed by atoms with Crippen LogP contribution in [0, 0.1) is 0 Å². The molecule has 0 unspecified atom stereocenters. The van der Waals surface area contributed by atoms with Gasteiger partial charge in [0, 0.05) is 55.6 Å². The van der Waals surface area contributed by atoms with Crippen LogP contribution < -0.4 is 4.74 Å². The molecule has 4 aromatic rings. The van der Waals surface area contributed by atoms with Gasteiger partial charge in [-0.25, -0.2) is 4.98 Å². The van der Waals surface area contributed by atoms with Crippen molar-refractivity contribution in [2.24, 2.45) is 7.05 Å². The number of carbonyl (C=O) groups is 1. The molecule has 3 aromatic heterocycles. The van der Waals surface area contributed by atoms with E-state index < -0.39 is 0 Å². The van der Waals surface area contributed by atoms with E-state index in [1.54, 1.807) is 19.6 Å². The second kappa shape index (κ2) is 10.1.